The summed E-state index contributed by atoms with van der Waals surface area (Å²) < 4.78 is 5.27. The molecule has 110 valence electrons. The van der Waals surface area contributed by atoms with Crippen LogP contribution in [0.25, 0.3) is 5.57 Å². The lowest BCUT2D eigenvalue weighted by Gasteiger charge is -2.27. The molecule has 1 atom stereocenters. The quantitative estimate of drug-likeness (QED) is 0.860. The van der Waals surface area contributed by atoms with Gasteiger partial charge in [-0.25, -0.2) is 4.79 Å². The van der Waals surface area contributed by atoms with Crippen LogP contribution in [0.3, 0.4) is 0 Å². The number of rotatable bonds is 5. The van der Waals surface area contributed by atoms with E-state index in [2.05, 4.69) is 11.9 Å². The molecule has 1 N–H and O–H groups in total. The van der Waals surface area contributed by atoms with Crippen LogP contribution in [0.4, 0.5) is 4.79 Å². The van der Waals surface area contributed by atoms with Crippen molar-refractivity contribution in [2.75, 3.05) is 0 Å². The van der Waals surface area contributed by atoms with Gasteiger partial charge in [0.15, 0.2) is 0 Å². The van der Waals surface area contributed by atoms with Crippen LogP contribution < -0.4 is 5.32 Å². The summed E-state index contributed by atoms with van der Waals surface area (Å²) in [6.45, 7) is 13.7. The predicted octanol–water partition coefficient (Wildman–Crippen LogP) is 4.48. The maximum atomic E-state index is 11.9. The molecule has 0 bridgehead atoms. The Hall–Kier alpha value is -1.77. The number of ether oxygens (including phenoxy) is 1. The van der Waals surface area contributed by atoms with Gasteiger partial charge in [-0.05, 0) is 51.3 Å². The molecular weight excluding hydrogens is 250 g/mol. The van der Waals surface area contributed by atoms with Crippen molar-refractivity contribution in [2.45, 2.75) is 52.7 Å². The van der Waals surface area contributed by atoms with Crippen LogP contribution in [0.1, 0.15) is 52.2 Å². The van der Waals surface area contributed by atoms with E-state index >= 15 is 0 Å². The van der Waals surface area contributed by atoms with Crippen molar-refractivity contribution >= 4 is 11.7 Å². The monoisotopic (exact) mass is 275 g/mol. The number of carbonyl (C=O) groups is 1. The Morgan fingerprint density at radius 3 is 2.65 bits per heavy atom. The molecular formula is C17H25NO2. The Morgan fingerprint density at radius 1 is 1.45 bits per heavy atom. The predicted molar refractivity (Wildman–Crippen MR) is 83.5 cm³/mol. The average molecular weight is 275 g/mol. The first kappa shape index (κ1) is 16.3. The minimum atomic E-state index is -0.490. The normalized spacial score (nSPS) is 12.7. The molecule has 0 fully saturated rings. The Balaban J connectivity index is 2.85. The second kappa shape index (κ2) is 6.60. The highest BCUT2D eigenvalue weighted by Gasteiger charge is 2.24. The van der Waals surface area contributed by atoms with E-state index in [0.29, 0.717) is 0 Å². The molecule has 0 aliphatic carbocycles. The first-order chi connectivity index (χ1) is 9.26. The summed E-state index contributed by atoms with van der Waals surface area (Å²) in [5.41, 5.74) is 2.62. The first-order valence-corrected chi connectivity index (χ1v) is 7.01. The van der Waals surface area contributed by atoms with Crippen molar-refractivity contribution in [1.29, 1.82) is 0 Å². The third-order valence-electron chi connectivity index (χ3n) is 3.37. The molecule has 3 heteroatoms. The lowest BCUT2D eigenvalue weighted by molar-refractivity contribution is 0.0966. The van der Waals surface area contributed by atoms with Crippen LogP contribution in [0.2, 0.25) is 0 Å². The molecule has 1 unspecified atom stereocenters. The van der Waals surface area contributed by atoms with Gasteiger partial charge in [0.25, 0.3) is 0 Å². The van der Waals surface area contributed by atoms with Crippen molar-refractivity contribution in [1.82, 2.24) is 5.32 Å². The van der Waals surface area contributed by atoms with Crippen LogP contribution in [0, 0.1) is 0 Å². The SMILES string of the molecule is C=C(C)c1cccc(C(C)(C)NC(=O)OC(C)CC)c1. The largest absolute Gasteiger partial charge is 0.447 e. The molecule has 1 rings (SSSR count). The van der Waals surface area contributed by atoms with E-state index < -0.39 is 5.54 Å². The zero-order chi connectivity index (χ0) is 15.3. The number of carbonyl (C=O) groups excluding carboxylic acids is 1. The van der Waals surface area contributed by atoms with Crippen LogP contribution >= 0.6 is 0 Å². The average Bonchev–Trinajstić information content (AvgIpc) is 2.37. The minimum absolute atomic E-state index is 0.0763. The van der Waals surface area contributed by atoms with Gasteiger partial charge in [-0.15, -0.1) is 0 Å². The Kier molecular flexibility index (Phi) is 5.37. The molecule has 0 aromatic heterocycles. The highest BCUT2D eigenvalue weighted by Crippen LogP contribution is 2.23. The third-order valence-corrected chi connectivity index (χ3v) is 3.37. The van der Waals surface area contributed by atoms with Crippen LogP contribution in [0.15, 0.2) is 30.8 Å². The minimum Gasteiger partial charge on any atom is -0.447 e. The lowest BCUT2D eigenvalue weighted by atomic mass is 9.92. The van der Waals surface area contributed by atoms with E-state index in [1.54, 1.807) is 0 Å². The molecule has 0 radical (unpaired) electrons. The second-order valence-corrected chi connectivity index (χ2v) is 5.74. The van der Waals surface area contributed by atoms with Gasteiger partial charge >= 0.3 is 6.09 Å². The molecule has 1 aromatic carbocycles. The number of hydrogen-bond acceptors (Lipinski definition) is 2. The van der Waals surface area contributed by atoms with Gasteiger partial charge in [0.2, 0.25) is 0 Å². The summed E-state index contributed by atoms with van der Waals surface area (Å²) in [7, 11) is 0. The third kappa shape index (κ3) is 4.41. The van der Waals surface area contributed by atoms with E-state index in [1.807, 2.05) is 58.9 Å². The summed E-state index contributed by atoms with van der Waals surface area (Å²) in [5, 5.41) is 2.91. The number of benzene rings is 1. The van der Waals surface area contributed by atoms with Gasteiger partial charge in [0, 0.05) is 0 Å². The van der Waals surface area contributed by atoms with Crippen molar-refractivity contribution in [3.8, 4) is 0 Å². The van der Waals surface area contributed by atoms with Gasteiger partial charge in [0.05, 0.1) is 5.54 Å². The molecule has 0 heterocycles. The Morgan fingerprint density at radius 2 is 2.10 bits per heavy atom. The molecule has 0 saturated carbocycles. The van der Waals surface area contributed by atoms with Crippen molar-refractivity contribution in [3.63, 3.8) is 0 Å². The molecule has 1 amide bonds. The maximum absolute atomic E-state index is 11.9. The van der Waals surface area contributed by atoms with E-state index in [-0.39, 0.29) is 12.2 Å². The number of hydrogen-bond donors (Lipinski definition) is 1. The number of allylic oxidation sites excluding steroid dienone is 1. The van der Waals surface area contributed by atoms with Crippen LogP contribution in [-0.4, -0.2) is 12.2 Å². The van der Waals surface area contributed by atoms with Gasteiger partial charge in [0.1, 0.15) is 6.10 Å². The van der Waals surface area contributed by atoms with E-state index in [1.165, 1.54) is 0 Å². The zero-order valence-electron chi connectivity index (χ0n) is 13.1. The fourth-order valence-electron chi connectivity index (χ4n) is 1.80. The highest BCUT2D eigenvalue weighted by atomic mass is 16.6. The van der Waals surface area contributed by atoms with E-state index in [9.17, 15) is 4.79 Å². The summed E-state index contributed by atoms with van der Waals surface area (Å²) in [5.74, 6) is 0. The van der Waals surface area contributed by atoms with Gasteiger partial charge in [-0.3, -0.25) is 0 Å². The number of nitrogens with one attached hydrogen (secondary N) is 1. The summed E-state index contributed by atoms with van der Waals surface area (Å²) in [6, 6.07) is 8.03. The number of alkyl carbamates (subject to hydrolysis) is 1. The molecule has 0 aliphatic rings. The fraction of sp³-hybridized carbons (Fsp3) is 0.471. The van der Waals surface area contributed by atoms with Crippen LogP contribution in [-0.2, 0) is 10.3 Å². The maximum Gasteiger partial charge on any atom is 0.408 e. The number of amides is 1. The van der Waals surface area contributed by atoms with Crippen LogP contribution in [0.5, 0.6) is 0 Å². The standard InChI is InChI=1S/C17H25NO2/c1-7-13(4)20-16(19)18-17(5,6)15-10-8-9-14(11-15)12(2)3/h8-11,13H,2,7H2,1,3-6H3,(H,18,19). The first-order valence-electron chi connectivity index (χ1n) is 7.01. The second-order valence-electron chi connectivity index (χ2n) is 5.74. The van der Waals surface area contributed by atoms with Gasteiger partial charge in [-0.2, -0.15) is 0 Å². The van der Waals surface area contributed by atoms with E-state index in [4.69, 9.17) is 4.74 Å². The topological polar surface area (TPSA) is 38.3 Å². The fourth-order valence-corrected chi connectivity index (χ4v) is 1.80. The van der Waals surface area contributed by atoms with E-state index in [0.717, 1.165) is 23.1 Å². The Labute approximate surface area is 122 Å². The smallest absolute Gasteiger partial charge is 0.408 e. The Bertz CT molecular complexity index is 492. The molecule has 20 heavy (non-hydrogen) atoms. The van der Waals surface area contributed by atoms with Crippen molar-refractivity contribution in [3.05, 3.63) is 42.0 Å². The summed E-state index contributed by atoms with van der Waals surface area (Å²) in [6.07, 6.45) is 0.344. The lowest BCUT2D eigenvalue weighted by Crippen LogP contribution is -2.42. The van der Waals surface area contributed by atoms with Gasteiger partial charge in [-0.1, -0.05) is 37.3 Å². The summed E-state index contributed by atoms with van der Waals surface area (Å²) >= 11 is 0. The van der Waals surface area contributed by atoms with Gasteiger partial charge < -0.3 is 10.1 Å². The molecule has 0 spiro atoms. The van der Waals surface area contributed by atoms with Crippen molar-refractivity contribution < 1.29 is 9.53 Å². The molecule has 3 nitrogen and oxygen atoms in total. The summed E-state index contributed by atoms with van der Waals surface area (Å²) in [4.78, 5) is 11.9. The highest BCUT2D eigenvalue weighted by molar-refractivity contribution is 5.69. The molecule has 1 aromatic rings. The zero-order valence-corrected chi connectivity index (χ0v) is 13.1. The van der Waals surface area contributed by atoms with Crippen molar-refractivity contribution in [2.24, 2.45) is 0 Å². The molecule has 0 aliphatic heterocycles. The molecule has 0 saturated heterocycles.